The first-order valence-corrected chi connectivity index (χ1v) is 10.2. The fraction of sp³-hybridized carbons (Fsp3) is 0.316. The highest BCUT2D eigenvalue weighted by Gasteiger charge is 2.23. The van der Waals surface area contributed by atoms with E-state index in [1.54, 1.807) is 32.2 Å². The number of benzene rings is 2. The minimum absolute atomic E-state index is 0.147. The second-order valence-corrected chi connectivity index (χ2v) is 8.44. The molecule has 0 heterocycles. The van der Waals surface area contributed by atoms with Crippen LogP contribution >= 0.6 is 11.6 Å². The van der Waals surface area contributed by atoms with Gasteiger partial charge in [-0.3, -0.25) is 9.10 Å². The highest BCUT2D eigenvalue weighted by atomic mass is 35.5. The number of aryl methyl sites for hydroxylation is 1. The Balaban J connectivity index is 2.19. The van der Waals surface area contributed by atoms with Crippen LogP contribution in [0.3, 0.4) is 0 Å². The lowest BCUT2D eigenvalue weighted by Crippen LogP contribution is -2.28. The lowest BCUT2D eigenvalue weighted by molar-refractivity contribution is 0.0948. The van der Waals surface area contributed by atoms with E-state index in [0.29, 0.717) is 35.0 Å². The summed E-state index contributed by atoms with van der Waals surface area (Å²) in [6.07, 6.45) is 0.724. The molecule has 27 heavy (non-hydrogen) atoms. The largest absolute Gasteiger partial charge is 0.385 e. The van der Waals surface area contributed by atoms with Crippen LogP contribution in [0.5, 0.6) is 0 Å². The van der Waals surface area contributed by atoms with E-state index in [2.05, 4.69) is 5.32 Å². The fourth-order valence-electron chi connectivity index (χ4n) is 2.56. The van der Waals surface area contributed by atoms with Gasteiger partial charge in [-0.05, 0) is 61.4 Å². The van der Waals surface area contributed by atoms with Gasteiger partial charge in [0.1, 0.15) is 0 Å². The normalized spacial score (nSPS) is 11.3. The highest BCUT2D eigenvalue weighted by molar-refractivity contribution is 7.92. The van der Waals surface area contributed by atoms with Gasteiger partial charge in [-0.25, -0.2) is 8.42 Å². The predicted molar refractivity (Wildman–Crippen MR) is 107 cm³/mol. The van der Waals surface area contributed by atoms with Crippen molar-refractivity contribution >= 4 is 33.2 Å². The fourth-order valence-corrected chi connectivity index (χ4v) is 3.95. The van der Waals surface area contributed by atoms with Crippen molar-refractivity contribution in [1.29, 1.82) is 0 Å². The lowest BCUT2D eigenvalue weighted by Gasteiger charge is -2.22. The number of carbonyl (C=O) groups is 1. The Morgan fingerprint density at radius 3 is 2.44 bits per heavy atom. The Morgan fingerprint density at radius 1 is 1.19 bits per heavy atom. The molecule has 0 unspecified atom stereocenters. The van der Waals surface area contributed by atoms with Gasteiger partial charge < -0.3 is 10.1 Å². The molecule has 0 aliphatic rings. The van der Waals surface area contributed by atoms with Crippen LogP contribution in [-0.4, -0.2) is 41.6 Å². The zero-order valence-electron chi connectivity index (χ0n) is 15.5. The molecule has 0 aromatic heterocycles. The van der Waals surface area contributed by atoms with Crippen molar-refractivity contribution in [1.82, 2.24) is 5.32 Å². The molecule has 146 valence electrons. The molecule has 0 saturated heterocycles. The van der Waals surface area contributed by atoms with Crippen LogP contribution < -0.4 is 9.62 Å². The summed E-state index contributed by atoms with van der Waals surface area (Å²) in [6, 6.07) is 10.9. The number of sulfonamides is 1. The number of amides is 1. The Bertz CT molecular complexity index is 898. The average Bonchev–Trinajstić information content (AvgIpc) is 2.64. The molecule has 8 heteroatoms. The summed E-state index contributed by atoms with van der Waals surface area (Å²) in [4.78, 5) is 12.3. The van der Waals surface area contributed by atoms with E-state index in [-0.39, 0.29) is 10.8 Å². The molecule has 2 rings (SSSR count). The average molecular weight is 411 g/mol. The molecule has 0 aliphatic heterocycles. The number of rotatable bonds is 8. The van der Waals surface area contributed by atoms with Gasteiger partial charge in [0.2, 0.25) is 0 Å². The summed E-state index contributed by atoms with van der Waals surface area (Å²) < 4.78 is 31.8. The molecule has 1 amide bonds. The van der Waals surface area contributed by atoms with E-state index < -0.39 is 10.0 Å². The number of ether oxygens (including phenoxy) is 1. The Labute approximate surface area is 165 Å². The van der Waals surface area contributed by atoms with Crippen LogP contribution in [0.25, 0.3) is 0 Å². The van der Waals surface area contributed by atoms with Crippen molar-refractivity contribution in [3.05, 3.63) is 58.6 Å². The number of methoxy groups -OCH3 is 1. The van der Waals surface area contributed by atoms with Crippen LogP contribution in [0.1, 0.15) is 22.3 Å². The first-order chi connectivity index (χ1) is 12.8. The summed E-state index contributed by atoms with van der Waals surface area (Å²) in [5.41, 5.74) is 1.66. The second kappa shape index (κ2) is 9.21. The summed E-state index contributed by atoms with van der Waals surface area (Å²) in [5, 5.41) is 3.27. The zero-order valence-corrected chi connectivity index (χ0v) is 17.1. The molecule has 0 spiro atoms. The minimum atomic E-state index is -3.72. The van der Waals surface area contributed by atoms with E-state index in [1.807, 2.05) is 0 Å². The zero-order chi connectivity index (χ0) is 20.0. The van der Waals surface area contributed by atoms with E-state index in [0.717, 1.165) is 6.42 Å². The predicted octanol–water partition coefficient (Wildman–Crippen LogP) is 3.24. The first-order valence-electron chi connectivity index (χ1n) is 8.39. The lowest BCUT2D eigenvalue weighted by atomic mass is 10.1. The maximum Gasteiger partial charge on any atom is 0.264 e. The van der Waals surface area contributed by atoms with Gasteiger partial charge in [-0.2, -0.15) is 0 Å². The van der Waals surface area contributed by atoms with E-state index in [1.165, 1.54) is 35.6 Å². The van der Waals surface area contributed by atoms with Crippen LogP contribution in [0, 0.1) is 6.92 Å². The van der Waals surface area contributed by atoms with E-state index in [9.17, 15) is 13.2 Å². The number of anilines is 1. The summed E-state index contributed by atoms with van der Waals surface area (Å²) in [7, 11) is -0.632. The van der Waals surface area contributed by atoms with Gasteiger partial charge >= 0.3 is 0 Å². The Hall–Kier alpha value is -2.09. The van der Waals surface area contributed by atoms with Crippen LogP contribution in [0.15, 0.2) is 47.4 Å². The third-order valence-corrected chi connectivity index (χ3v) is 6.12. The molecule has 0 bridgehead atoms. The number of hydrogen-bond acceptors (Lipinski definition) is 4. The second-order valence-electron chi connectivity index (χ2n) is 6.03. The van der Waals surface area contributed by atoms with Gasteiger partial charge in [0.15, 0.2) is 0 Å². The number of carbonyl (C=O) groups excluding carboxylic acids is 1. The Morgan fingerprint density at radius 2 is 1.85 bits per heavy atom. The van der Waals surface area contributed by atoms with Crippen molar-refractivity contribution in [3.63, 3.8) is 0 Å². The van der Waals surface area contributed by atoms with Crippen molar-refractivity contribution in [2.75, 3.05) is 31.6 Å². The third-order valence-electron chi connectivity index (χ3n) is 4.08. The molecule has 0 fully saturated rings. The SMILES string of the molecule is COCCCNC(=O)c1ccc(N(C)S(=O)(=O)c2ccc(Cl)cc2)c(C)c1. The minimum Gasteiger partial charge on any atom is -0.385 e. The quantitative estimate of drug-likeness (QED) is 0.678. The van der Waals surface area contributed by atoms with Crippen LogP contribution in [0.4, 0.5) is 5.69 Å². The third kappa shape index (κ3) is 5.22. The van der Waals surface area contributed by atoms with Gasteiger partial charge in [0, 0.05) is 37.9 Å². The molecule has 0 saturated carbocycles. The number of nitrogens with zero attached hydrogens (tertiary/aromatic N) is 1. The monoisotopic (exact) mass is 410 g/mol. The Kier molecular flexibility index (Phi) is 7.24. The van der Waals surface area contributed by atoms with E-state index in [4.69, 9.17) is 16.3 Å². The van der Waals surface area contributed by atoms with Crippen molar-refractivity contribution in [2.24, 2.45) is 0 Å². The number of halogens is 1. The maximum atomic E-state index is 12.8. The van der Waals surface area contributed by atoms with Crippen LogP contribution in [0.2, 0.25) is 5.02 Å². The summed E-state index contributed by atoms with van der Waals surface area (Å²) in [6.45, 7) is 2.86. The van der Waals surface area contributed by atoms with Gasteiger partial charge in [-0.15, -0.1) is 0 Å². The van der Waals surface area contributed by atoms with Crippen molar-refractivity contribution in [2.45, 2.75) is 18.2 Å². The van der Waals surface area contributed by atoms with Gasteiger partial charge in [0.25, 0.3) is 15.9 Å². The van der Waals surface area contributed by atoms with Crippen molar-refractivity contribution < 1.29 is 17.9 Å². The van der Waals surface area contributed by atoms with Gasteiger partial charge in [-0.1, -0.05) is 11.6 Å². The van der Waals surface area contributed by atoms with Gasteiger partial charge in [0.05, 0.1) is 10.6 Å². The summed E-state index contributed by atoms with van der Waals surface area (Å²) >= 11 is 5.83. The standard InChI is InChI=1S/C19H23ClN2O4S/c1-14-13-15(19(23)21-11-4-12-26-3)5-10-18(14)22(2)27(24,25)17-8-6-16(20)7-9-17/h5-10,13H,4,11-12H2,1-3H3,(H,21,23). The number of hydrogen-bond donors (Lipinski definition) is 1. The highest BCUT2D eigenvalue weighted by Crippen LogP contribution is 2.26. The molecule has 1 N–H and O–H groups in total. The molecular weight excluding hydrogens is 388 g/mol. The molecule has 0 atom stereocenters. The van der Waals surface area contributed by atoms with Crippen LogP contribution in [-0.2, 0) is 14.8 Å². The topological polar surface area (TPSA) is 75.7 Å². The maximum absolute atomic E-state index is 12.8. The molecule has 0 aliphatic carbocycles. The van der Waals surface area contributed by atoms with E-state index >= 15 is 0 Å². The molecule has 6 nitrogen and oxygen atoms in total. The first kappa shape index (κ1) is 21.2. The smallest absolute Gasteiger partial charge is 0.264 e. The molecule has 2 aromatic rings. The number of nitrogens with one attached hydrogen (secondary N) is 1. The molecular formula is C19H23ClN2O4S. The molecule has 0 radical (unpaired) electrons. The van der Waals surface area contributed by atoms with Crippen molar-refractivity contribution in [3.8, 4) is 0 Å². The summed E-state index contributed by atoms with van der Waals surface area (Å²) in [5.74, 6) is -0.205. The molecule has 2 aromatic carbocycles.